The van der Waals surface area contributed by atoms with Crippen LogP contribution in [-0.2, 0) is 11.2 Å². The molecule has 0 aliphatic carbocycles. The number of aromatic nitrogens is 2. The van der Waals surface area contributed by atoms with Crippen molar-refractivity contribution in [2.75, 3.05) is 17.7 Å². The molecule has 0 unspecified atom stereocenters. The Kier molecular flexibility index (Phi) is 5.85. The number of primary amides is 1. The lowest BCUT2D eigenvalue weighted by Crippen LogP contribution is -2.19. The van der Waals surface area contributed by atoms with Crippen LogP contribution in [0.15, 0.2) is 53.1 Å². The van der Waals surface area contributed by atoms with E-state index in [1.807, 2.05) is 24.3 Å². The summed E-state index contributed by atoms with van der Waals surface area (Å²) in [7, 11) is 1.60. The van der Waals surface area contributed by atoms with Gasteiger partial charge in [0.25, 0.3) is 0 Å². The van der Waals surface area contributed by atoms with E-state index in [1.165, 1.54) is 0 Å². The second-order valence-electron chi connectivity index (χ2n) is 5.86. The fourth-order valence-electron chi connectivity index (χ4n) is 2.44. The minimum absolute atomic E-state index is 0.186. The van der Waals surface area contributed by atoms with Crippen LogP contribution in [0.1, 0.15) is 12.3 Å². The van der Waals surface area contributed by atoms with Crippen LogP contribution in [0.2, 0.25) is 0 Å². The standard InChI is InChI=1S/C19H19N5O4/c1-27-15-8-2-12(3-9-15)18-23-17(28-24-18)11-10-16(25)21-13-4-6-14(7-5-13)22-19(20)26/h2-9H,10-11H2,1H3,(H,21,25)(H3,20,22,26). The van der Waals surface area contributed by atoms with Gasteiger partial charge in [-0.2, -0.15) is 4.98 Å². The smallest absolute Gasteiger partial charge is 0.316 e. The Hall–Kier alpha value is -3.88. The summed E-state index contributed by atoms with van der Waals surface area (Å²) in [5.41, 5.74) is 6.99. The summed E-state index contributed by atoms with van der Waals surface area (Å²) in [4.78, 5) is 27.2. The summed E-state index contributed by atoms with van der Waals surface area (Å²) in [6.45, 7) is 0. The normalized spacial score (nSPS) is 10.3. The molecular weight excluding hydrogens is 362 g/mol. The highest BCUT2D eigenvalue weighted by atomic mass is 16.5. The summed E-state index contributed by atoms with van der Waals surface area (Å²) in [6.07, 6.45) is 0.502. The molecular formula is C19H19N5O4. The highest BCUT2D eigenvalue weighted by Gasteiger charge is 2.11. The van der Waals surface area contributed by atoms with Crippen molar-refractivity contribution in [1.29, 1.82) is 0 Å². The number of hydrogen-bond acceptors (Lipinski definition) is 6. The van der Waals surface area contributed by atoms with Crippen LogP contribution in [-0.4, -0.2) is 29.2 Å². The van der Waals surface area contributed by atoms with Crippen molar-refractivity contribution in [3.8, 4) is 17.1 Å². The van der Waals surface area contributed by atoms with E-state index in [0.29, 0.717) is 29.5 Å². The van der Waals surface area contributed by atoms with Crippen molar-refractivity contribution >= 4 is 23.3 Å². The Morgan fingerprint density at radius 3 is 2.29 bits per heavy atom. The molecule has 0 saturated carbocycles. The molecule has 144 valence electrons. The molecule has 1 heterocycles. The van der Waals surface area contributed by atoms with Gasteiger partial charge in [0.15, 0.2) is 0 Å². The maximum absolute atomic E-state index is 12.1. The van der Waals surface area contributed by atoms with Gasteiger partial charge in [0.1, 0.15) is 5.75 Å². The number of aryl methyl sites for hydroxylation is 1. The predicted molar refractivity (Wildman–Crippen MR) is 103 cm³/mol. The molecule has 9 heteroatoms. The van der Waals surface area contributed by atoms with Gasteiger partial charge in [-0.15, -0.1) is 0 Å². The summed E-state index contributed by atoms with van der Waals surface area (Å²) >= 11 is 0. The van der Waals surface area contributed by atoms with Gasteiger partial charge in [-0.1, -0.05) is 5.16 Å². The lowest BCUT2D eigenvalue weighted by Gasteiger charge is -2.06. The quantitative estimate of drug-likeness (QED) is 0.576. The van der Waals surface area contributed by atoms with E-state index in [4.69, 9.17) is 15.0 Å². The van der Waals surface area contributed by atoms with Gasteiger partial charge in [-0.05, 0) is 48.5 Å². The first-order chi connectivity index (χ1) is 13.5. The Bertz CT molecular complexity index is 951. The molecule has 0 saturated heterocycles. The maximum Gasteiger partial charge on any atom is 0.316 e. The molecule has 9 nitrogen and oxygen atoms in total. The van der Waals surface area contributed by atoms with Gasteiger partial charge in [-0.3, -0.25) is 4.79 Å². The second-order valence-corrected chi connectivity index (χ2v) is 5.86. The zero-order valence-corrected chi connectivity index (χ0v) is 15.1. The van der Waals surface area contributed by atoms with Crippen molar-refractivity contribution in [1.82, 2.24) is 10.1 Å². The number of amides is 3. The van der Waals surface area contributed by atoms with Crippen LogP contribution in [0.4, 0.5) is 16.2 Å². The summed E-state index contributed by atoms with van der Waals surface area (Å²) in [5, 5.41) is 9.14. The molecule has 1 aromatic heterocycles. The molecule has 2 aromatic carbocycles. The molecule has 0 spiro atoms. The van der Waals surface area contributed by atoms with E-state index in [0.717, 1.165) is 11.3 Å². The molecule has 0 aliphatic rings. The van der Waals surface area contributed by atoms with E-state index in [9.17, 15) is 9.59 Å². The third-order valence-electron chi connectivity index (χ3n) is 3.82. The molecule has 0 radical (unpaired) electrons. The highest BCUT2D eigenvalue weighted by Crippen LogP contribution is 2.20. The van der Waals surface area contributed by atoms with Crippen molar-refractivity contribution in [2.24, 2.45) is 5.73 Å². The van der Waals surface area contributed by atoms with Crippen molar-refractivity contribution in [2.45, 2.75) is 12.8 Å². The Morgan fingerprint density at radius 1 is 1.04 bits per heavy atom. The van der Waals surface area contributed by atoms with E-state index in [1.54, 1.807) is 31.4 Å². The topological polar surface area (TPSA) is 132 Å². The number of hydrogen-bond donors (Lipinski definition) is 3. The van der Waals surface area contributed by atoms with Crippen molar-refractivity contribution in [3.63, 3.8) is 0 Å². The number of urea groups is 1. The summed E-state index contributed by atoms with van der Waals surface area (Å²) in [6, 6.07) is 13.2. The van der Waals surface area contributed by atoms with Gasteiger partial charge >= 0.3 is 6.03 Å². The average molecular weight is 381 g/mol. The molecule has 28 heavy (non-hydrogen) atoms. The third-order valence-corrected chi connectivity index (χ3v) is 3.82. The van der Waals surface area contributed by atoms with Crippen LogP contribution >= 0.6 is 0 Å². The minimum Gasteiger partial charge on any atom is -0.497 e. The van der Waals surface area contributed by atoms with Crippen LogP contribution in [0.25, 0.3) is 11.4 Å². The minimum atomic E-state index is -0.648. The molecule has 3 amide bonds. The van der Waals surface area contributed by atoms with Gasteiger partial charge in [0, 0.05) is 29.8 Å². The number of ether oxygens (including phenoxy) is 1. The lowest BCUT2D eigenvalue weighted by molar-refractivity contribution is -0.116. The number of benzene rings is 2. The van der Waals surface area contributed by atoms with Gasteiger partial charge in [0.05, 0.1) is 7.11 Å². The van der Waals surface area contributed by atoms with Gasteiger partial charge in [0.2, 0.25) is 17.6 Å². The first-order valence-corrected chi connectivity index (χ1v) is 8.47. The van der Waals surface area contributed by atoms with Crippen LogP contribution in [0.3, 0.4) is 0 Å². The third kappa shape index (κ3) is 5.07. The first-order valence-electron chi connectivity index (χ1n) is 8.47. The molecule has 0 atom stereocenters. The van der Waals surface area contributed by atoms with Crippen molar-refractivity contribution < 1.29 is 18.8 Å². The second kappa shape index (κ2) is 8.67. The molecule has 3 aromatic rings. The fraction of sp³-hybridized carbons (Fsp3) is 0.158. The molecule has 4 N–H and O–H groups in total. The van der Waals surface area contributed by atoms with Gasteiger partial charge < -0.3 is 25.6 Å². The van der Waals surface area contributed by atoms with Crippen LogP contribution in [0.5, 0.6) is 5.75 Å². The molecule has 3 rings (SSSR count). The van der Waals surface area contributed by atoms with Crippen molar-refractivity contribution in [3.05, 3.63) is 54.4 Å². The fourth-order valence-corrected chi connectivity index (χ4v) is 2.44. The lowest BCUT2D eigenvalue weighted by atomic mass is 10.2. The van der Waals surface area contributed by atoms with E-state index in [2.05, 4.69) is 20.8 Å². The van der Waals surface area contributed by atoms with E-state index < -0.39 is 6.03 Å². The Balaban J connectivity index is 1.52. The number of rotatable bonds is 7. The summed E-state index contributed by atoms with van der Waals surface area (Å²) < 4.78 is 10.3. The number of carbonyl (C=O) groups is 2. The maximum atomic E-state index is 12.1. The largest absolute Gasteiger partial charge is 0.497 e. The SMILES string of the molecule is COc1ccc(-c2noc(CCC(=O)Nc3ccc(NC(N)=O)cc3)n2)cc1. The summed E-state index contributed by atoms with van der Waals surface area (Å²) in [5.74, 6) is 1.37. The van der Waals surface area contributed by atoms with Crippen LogP contribution in [0, 0.1) is 0 Å². The molecule has 0 aliphatic heterocycles. The van der Waals surface area contributed by atoms with E-state index in [-0.39, 0.29) is 12.3 Å². The van der Waals surface area contributed by atoms with E-state index >= 15 is 0 Å². The monoisotopic (exact) mass is 381 g/mol. The molecule has 0 bridgehead atoms. The zero-order valence-electron chi connectivity index (χ0n) is 15.1. The first kappa shape index (κ1) is 18.9. The zero-order chi connectivity index (χ0) is 19.9. The van der Waals surface area contributed by atoms with Crippen LogP contribution < -0.4 is 21.1 Å². The Labute approximate surface area is 160 Å². The average Bonchev–Trinajstić information content (AvgIpc) is 3.17. The van der Waals surface area contributed by atoms with Gasteiger partial charge in [-0.25, -0.2) is 4.79 Å². The number of nitrogens with zero attached hydrogens (tertiary/aromatic N) is 2. The molecule has 0 fully saturated rings. The predicted octanol–water partition coefficient (Wildman–Crippen LogP) is 2.81. The Morgan fingerprint density at radius 2 is 1.68 bits per heavy atom. The number of methoxy groups -OCH3 is 1. The number of carbonyl (C=O) groups excluding carboxylic acids is 2. The number of nitrogens with two attached hydrogens (primary N) is 1. The number of nitrogens with one attached hydrogen (secondary N) is 2. The number of anilines is 2. The highest BCUT2D eigenvalue weighted by molar-refractivity contribution is 5.92.